The van der Waals surface area contributed by atoms with E-state index in [0.29, 0.717) is 11.6 Å². The summed E-state index contributed by atoms with van der Waals surface area (Å²) in [6.45, 7) is 2.13. The Balaban J connectivity index is 2.60. The number of halogens is 1. The van der Waals surface area contributed by atoms with E-state index in [1.807, 2.05) is 43.3 Å². The SMILES string of the molecule is C[C@@H](CO)NC(=O)NC[C@H](c1ccc(Cl)cc1)N(C)C. The zero-order valence-corrected chi connectivity index (χ0v) is 12.8. The van der Waals surface area contributed by atoms with Crippen LogP contribution in [-0.2, 0) is 0 Å². The largest absolute Gasteiger partial charge is 0.394 e. The molecule has 2 amide bonds. The Morgan fingerprint density at radius 1 is 1.35 bits per heavy atom. The topological polar surface area (TPSA) is 64.6 Å². The van der Waals surface area contributed by atoms with E-state index in [2.05, 4.69) is 10.6 Å². The van der Waals surface area contributed by atoms with Crippen LogP contribution in [0.2, 0.25) is 5.02 Å². The molecule has 0 radical (unpaired) electrons. The number of rotatable bonds is 6. The van der Waals surface area contributed by atoms with Crippen molar-refractivity contribution in [1.82, 2.24) is 15.5 Å². The highest BCUT2D eigenvalue weighted by molar-refractivity contribution is 6.30. The van der Waals surface area contributed by atoms with Gasteiger partial charge in [0.2, 0.25) is 0 Å². The van der Waals surface area contributed by atoms with Crippen LogP contribution in [0.25, 0.3) is 0 Å². The quantitative estimate of drug-likeness (QED) is 0.748. The molecule has 20 heavy (non-hydrogen) atoms. The first-order valence-electron chi connectivity index (χ1n) is 6.51. The van der Waals surface area contributed by atoms with Gasteiger partial charge in [0, 0.05) is 11.6 Å². The van der Waals surface area contributed by atoms with Crippen molar-refractivity contribution in [2.24, 2.45) is 0 Å². The van der Waals surface area contributed by atoms with Crippen LogP contribution >= 0.6 is 11.6 Å². The van der Waals surface area contributed by atoms with Crippen molar-refractivity contribution in [2.75, 3.05) is 27.2 Å². The van der Waals surface area contributed by atoms with Gasteiger partial charge in [0.15, 0.2) is 0 Å². The molecule has 1 aromatic carbocycles. The van der Waals surface area contributed by atoms with Crippen LogP contribution in [-0.4, -0.2) is 49.3 Å². The van der Waals surface area contributed by atoms with Crippen molar-refractivity contribution < 1.29 is 9.90 Å². The monoisotopic (exact) mass is 299 g/mol. The van der Waals surface area contributed by atoms with Crippen LogP contribution in [0.4, 0.5) is 4.79 Å². The van der Waals surface area contributed by atoms with Gasteiger partial charge in [-0.25, -0.2) is 4.79 Å². The lowest BCUT2D eigenvalue weighted by molar-refractivity contribution is 0.215. The zero-order valence-electron chi connectivity index (χ0n) is 12.1. The molecule has 0 aliphatic carbocycles. The molecule has 0 fully saturated rings. The van der Waals surface area contributed by atoms with Gasteiger partial charge in [-0.1, -0.05) is 23.7 Å². The molecule has 0 aliphatic heterocycles. The lowest BCUT2D eigenvalue weighted by atomic mass is 10.1. The Bertz CT molecular complexity index is 423. The number of hydrogen-bond acceptors (Lipinski definition) is 3. The summed E-state index contributed by atoms with van der Waals surface area (Å²) in [5.74, 6) is 0. The first-order chi connectivity index (χ1) is 9.43. The number of urea groups is 1. The summed E-state index contributed by atoms with van der Waals surface area (Å²) in [5, 5.41) is 15.0. The van der Waals surface area contributed by atoms with E-state index in [1.54, 1.807) is 6.92 Å². The van der Waals surface area contributed by atoms with Gasteiger partial charge in [-0.3, -0.25) is 0 Å². The molecule has 3 N–H and O–H groups in total. The molecule has 0 spiro atoms. The third-order valence-electron chi connectivity index (χ3n) is 2.99. The summed E-state index contributed by atoms with van der Waals surface area (Å²) in [4.78, 5) is 13.7. The lowest BCUT2D eigenvalue weighted by Gasteiger charge is -2.25. The second kappa shape index (κ2) is 8.09. The molecule has 5 nitrogen and oxygen atoms in total. The summed E-state index contributed by atoms with van der Waals surface area (Å²) in [6, 6.07) is 7.08. The minimum atomic E-state index is -0.285. The molecule has 0 saturated carbocycles. The number of aliphatic hydroxyl groups is 1. The Morgan fingerprint density at radius 3 is 2.45 bits per heavy atom. The highest BCUT2D eigenvalue weighted by atomic mass is 35.5. The van der Waals surface area contributed by atoms with Gasteiger partial charge in [0.1, 0.15) is 0 Å². The average molecular weight is 300 g/mol. The van der Waals surface area contributed by atoms with Gasteiger partial charge in [0.25, 0.3) is 0 Å². The molecular formula is C14H22ClN3O2. The van der Waals surface area contributed by atoms with E-state index in [1.165, 1.54) is 0 Å². The molecule has 6 heteroatoms. The van der Waals surface area contributed by atoms with Crippen LogP contribution in [0.1, 0.15) is 18.5 Å². The first kappa shape index (κ1) is 16.8. The van der Waals surface area contributed by atoms with Gasteiger partial charge < -0.3 is 20.6 Å². The smallest absolute Gasteiger partial charge is 0.315 e. The number of aliphatic hydroxyl groups excluding tert-OH is 1. The fourth-order valence-electron chi connectivity index (χ4n) is 1.79. The molecule has 0 bridgehead atoms. The second-order valence-electron chi connectivity index (χ2n) is 4.97. The maximum Gasteiger partial charge on any atom is 0.315 e. The number of amides is 2. The van der Waals surface area contributed by atoms with Gasteiger partial charge in [-0.15, -0.1) is 0 Å². The highest BCUT2D eigenvalue weighted by Gasteiger charge is 2.15. The Morgan fingerprint density at radius 2 is 1.95 bits per heavy atom. The standard InChI is InChI=1S/C14H22ClN3O2/c1-10(9-19)17-14(20)16-8-13(18(2)3)11-4-6-12(15)7-5-11/h4-7,10,13,19H,8-9H2,1-3H3,(H2,16,17,20)/t10-,13+/m0/s1. The predicted octanol–water partition coefficient (Wildman–Crippen LogP) is 1.62. The molecule has 0 aliphatic rings. The summed E-state index contributed by atoms with van der Waals surface area (Å²) in [5.41, 5.74) is 1.08. The fourth-order valence-corrected chi connectivity index (χ4v) is 1.92. The number of nitrogens with one attached hydrogen (secondary N) is 2. The maximum absolute atomic E-state index is 11.7. The summed E-state index contributed by atoms with van der Waals surface area (Å²) in [6.07, 6.45) is 0. The van der Waals surface area contributed by atoms with Crippen LogP contribution in [0.3, 0.4) is 0 Å². The molecule has 0 heterocycles. The van der Waals surface area contributed by atoms with E-state index in [4.69, 9.17) is 16.7 Å². The molecule has 0 saturated heterocycles. The lowest BCUT2D eigenvalue weighted by Crippen LogP contribution is -2.44. The first-order valence-corrected chi connectivity index (χ1v) is 6.89. The zero-order chi connectivity index (χ0) is 15.1. The second-order valence-corrected chi connectivity index (χ2v) is 5.41. The number of carbonyl (C=O) groups is 1. The number of carbonyl (C=O) groups excluding carboxylic acids is 1. The van der Waals surface area contributed by atoms with E-state index >= 15 is 0 Å². The van der Waals surface area contributed by atoms with Crippen molar-refractivity contribution >= 4 is 17.6 Å². The fraction of sp³-hybridized carbons (Fsp3) is 0.500. The summed E-state index contributed by atoms with van der Waals surface area (Å²) < 4.78 is 0. The third kappa shape index (κ3) is 5.36. The molecule has 1 aromatic rings. The highest BCUT2D eigenvalue weighted by Crippen LogP contribution is 2.19. The van der Waals surface area contributed by atoms with Crippen LogP contribution < -0.4 is 10.6 Å². The summed E-state index contributed by atoms with van der Waals surface area (Å²) in [7, 11) is 3.91. The van der Waals surface area contributed by atoms with Gasteiger partial charge >= 0.3 is 6.03 Å². The molecular weight excluding hydrogens is 278 g/mol. The number of likely N-dealkylation sites (N-methyl/N-ethyl adjacent to an activating group) is 1. The van der Waals surface area contributed by atoms with E-state index in [9.17, 15) is 4.79 Å². The molecule has 2 atom stereocenters. The Hall–Kier alpha value is -1.30. The van der Waals surface area contributed by atoms with E-state index < -0.39 is 0 Å². The van der Waals surface area contributed by atoms with Gasteiger partial charge in [-0.05, 0) is 38.7 Å². The van der Waals surface area contributed by atoms with Crippen molar-refractivity contribution in [3.63, 3.8) is 0 Å². The van der Waals surface area contributed by atoms with Crippen molar-refractivity contribution in [3.8, 4) is 0 Å². The Kier molecular flexibility index (Phi) is 6.78. The van der Waals surface area contributed by atoms with Crippen LogP contribution in [0.15, 0.2) is 24.3 Å². The van der Waals surface area contributed by atoms with Crippen molar-refractivity contribution in [1.29, 1.82) is 0 Å². The molecule has 112 valence electrons. The average Bonchev–Trinajstić information content (AvgIpc) is 2.40. The molecule has 1 rings (SSSR count). The minimum absolute atomic E-state index is 0.0578. The van der Waals surface area contributed by atoms with Crippen molar-refractivity contribution in [2.45, 2.75) is 19.0 Å². The predicted molar refractivity (Wildman–Crippen MR) is 81.0 cm³/mol. The van der Waals surface area contributed by atoms with Crippen LogP contribution in [0, 0.1) is 0 Å². The number of benzene rings is 1. The Labute approximate surface area is 124 Å². The minimum Gasteiger partial charge on any atom is -0.394 e. The number of hydrogen-bond donors (Lipinski definition) is 3. The van der Waals surface area contributed by atoms with E-state index in [0.717, 1.165) is 5.56 Å². The van der Waals surface area contributed by atoms with E-state index in [-0.39, 0.29) is 24.7 Å². The van der Waals surface area contributed by atoms with Gasteiger partial charge in [0.05, 0.1) is 18.7 Å². The third-order valence-corrected chi connectivity index (χ3v) is 3.24. The van der Waals surface area contributed by atoms with Crippen molar-refractivity contribution in [3.05, 3.63) is 34.9 Å². The maximum atomic E-state index is 11.7. The molecule has 0 unspecified atom stereocenters. The number of nitrogens with zero attached hydrogens (tertiary/aromatic N) is 1. The normalized spacial score (nSPS) is 13.9. The summed E-state index contributed by atoms with van der Waals surface area (Å²) >= 11 is 5.88. The molecule has 0 aromatic heterocycles. The van der Waals surface area contributed by atoms with Crippen LogP contribution in [0.5, 0.6) is 0 Å². The van der Waals surface area contributed by atoms with Gasteiger partial charge in [-0.2, -0.15) is 0 Å².